The van der Waals surface area contributed by atoms with Crippen molar-refractivity contribution in [3.63, 3.8) is 0 Å². The zero-order chi connectivity index (χ0) is 13.9. The Labute approximate surface area is 122 Å². The Hall–Kier alpha value is -2.13. The molecule has 0 saturated carbocycles. The minimum atomic E-state index is 0.144. The number of anilines is 1. The highest BCUT2D eigenvalue weighted by Crippen LogP contribution is 2.29. The number of rotatable bonds is 3. The molecule has 1 atom stereocenters. The van der Waals surface area contributed by atoms with E-state index in [0.717, 1.165) is 16.7 Å². The van der Waals surface area contributed by atoms with Gasteiger partial charge in [-0.2, -0.15) is 0 Å². The predicted molar refractivity (Wildman–Crippen MR) is 83.0 cm³/mol. The number of fused-ring (bicyclic) bond motifs is 1. The molecule has 0 bridgehead atoms. The highest BCUT2D eigenvalue weighted by molar-refractivity contribution is 6.36. The van der Waals surface area contributed by atoms with Crippen LogP contribution >= 0.6 is 11.6 Å². The molecular weight excluding hydrogens is 270 g/mol. The molecule has 3 rings (SSSR count). The van der Waals surface area contributed by atoms with Gasteiger partial charge in [0.15, 0.2) is 0 Å². The molecule has 1 N–H and O–H groups in total. The lowest BCUT2D eigenvalue weighted by atomic mass is 10.1. The van der Waals surface area contributed by atoms with Crippen LogP contribution in [-0.2, 0) is 0 Å². The van der Waals surface area contributed by atoms with E-state index in [9.17, 15) is 0 Å². The number of benzene rings is 2. The van der Waals surface area contributed by atoms with Crippen molar-refractivity contribution in [2.45, 2.75) is 13.0 Å². The molecule has 0 spiro atoms. The largest absolute Gasteiger partial charge is 0.363 e. The Morgan fingerprint density at radius 3 is 2.60 bits per heavy atom. The number of nitrogens with zero attached hydrogens (tertiary/aromatic N) is 2. The van der Waals surface area contributed by atoms with Gasteiger partial charge in [-0.3, -0.25) is 0 Å². The maximum Gasteiger partial charge on any atom is 0.139 e. The second-order valence-corrected chi connectivity index (χ2v) is 5.04. The van der Waals surface area contributed by atoms with Crippen LogP contribution in [0.25, 0.3) is 10.9 Å². The van der Waals surface area contributed by atoms with E-state index in [-0.39, 0.29) is 6.04 Å². The molecule has 4 heteroatoms. The summed E-state index contributed by atoms with van der Waals surface area (Å²) in [6.45, 7) is 2.10. The quantitative estimate of drug-likeness (QED) is 0.771. The van der Waals surface area contributed by atoms with Crippen molar-refractivity contribution in [1.82, 2.24) is 9.97 Å². The molecule has 20 heavy (non-hydrogen) atoms. The molecular formula is C16H14ClN3. The van der Waals surface area contributed by atoms with Crippen LogP contribution in [0.2, 0.25) is 5.02 Å². The van der Waals surface area contributed by atoms with E-state index in [1.165, 1.54) is 5.56 Å². The summed E-state index contributed by atoms with van der Waals surface area (Å²) in [6.07, 6.45) is 1.55. The van der Waals surface area contributed by atoms with Gasteiger partial charge in [0.2, 0.25) is 0 Å². The molecule has 100 valence electrons. The van der Waals surface area contributed by atoms with Crippen molar-refractivity contribution in [3.05, 3.63) is 65.4 Å². The molecule has 1 aromatic heterocycles. The Kier molecular flexibility index (Phi) is 3.52. The molecule has 3 aromatic rings. The summed E-state index contributed by atoms with van der Waals surface area (Å²) in [5, 5.41) is 4.93. The summed E-state index contributed by atoms with van der Waals surface area (Å²) >= 11 is 6.27. The average Bonchev–Trinajstić information content (AvgIpc) is 2.48. The van der Waals surface area contributed by atoms with Gasteiger partial charge in [-0.25, -0.2) is 9.97 Å². The van der Waals surface area contributed by atoms with Gasteiger partial charge in [0.25, 0.3) is 0 Å². The third-order valence-corrected chi connectivity index (χ3v) is 3.58. The third-order valence-electron chi connectivity index (χ3n) is 3.26. The standard InChI is InChI=1S/C16H14ClN3/c1-11(12-6-3-2-4-7-12)20-16-15-13(17)8-5-9-14(15)18-10-19-16/h2-11H,1H3,(H,18,19,20)/t11-/m1/s1. The SMILES string of the molecule is C[C@@H](Nc1ncnc2cccc(Cl)c12)c1ccccc1. The molecule has 2 aromatic carbocycles. The molecule has 0 fully saturated rings. The number of nitrogens with one attached hydrogen (secondary N) is 1. The molecule has 0 aliphatic heterocycles. The molecule has 0 amide bonds. The van der Waals surface area contributed by atoms with E-state index < -0.39 is 0 Å². The van der Waals surface area contributed by atoms with E-state index >= 15 is 0 Å². The molecule has 3 nitrogen and oxygen atoms in total. The topological polar surface area (TPSA) is 37.8 Å². The first-order chi connectivity index (χ1) is 9.75. The molecule has 0 aliphatic rings. The summed E-state index contributed by atoms with van der Waals surface area (Å²) in [7, 11) is 0. The highest BCUT2D eigenvalue weighted by Gasteiger charge is 2.11. The first-order valence-electron chi connectivity index (χ1n) is 6.46. The zero-order valence-electron chi connectivity index (χ0n) is 11.0. The van der Waals surface area contributed by atoms with Crippen LogP contribution in [0.15, 0.2) is 54.9 Å². The van der Waals surface area contributed by atoms with Gasteiger partial charge in [-0.05, 0) is 24.6 Å². The second-order valence-electron chi connectivity index (χ2n) is 4.63. The van der Waals surface area contributed by atoms with Gasteiger partial charge in [0, 0.05) is 6.04 Å². The number of hydrogen-bond acceptors (Lipinski definition) is 3. The molecule has 1 heterocycles. The zero-order valence-corrected chi connectivity index (χ0v) is 11.8. The smallest absolute Gasteiger partial charge is 0.139 e. The first-order valence-corrected chi connectivity index (χ1v) is 6.84. The Morgan fingerprint density at radius 2 is 1.80 bits per heavy atom. The van der Waals surface area contributed by atoms with E-state index in [1.807, 2.05) is 36.4 Å². The van der Waals surface area contributed by atoms with Gasteiger partial charge in [-0.15, -0.1) is 0 Å². The van der Waals surface area contributed by atoms with Gasteiger partial charge in [0.05, 0.1) is 15.9 Å². The highest BCUT2D eigenvalue weighted by atomic mass is 35.5. The maximum absolute atomic E-state index is 6.27. The van der Waals surface area contributed by atoms with Gasteiger partial charge < -0.3 is 5.32 Å². The molecule has 0 unspecified atom stereocenters. The third kappa shape index (κ3) is 2.45. The van der Waals surface area contributed by atoms with Crippen LogP contribution in [0.1, 0.15) is 18.5 Å². The van der Waals surface area contributed by atoms with E-state index in [1.54, 1.807) is 6.33 Å². The minimum Gasteiger partial charge on any atom is -0.363 e. The monoisotopic (exact) mass is 283 g/mol. The fraction of sp³-hybridized carbons (Fsp3) is 0.125. The molecule has 0 aliphatic carbocycles. The summed E-state index contributed by atoms with van der Waals surface area (Å²) in [6, 6.07) is 16.1. The Morgan fingerprint density at radius 1 is 1.00 bits per heavy atom. The lowest BCUT2D eigenvalue weighted by Gasteiger charge is -2.16. The Bertz CT molecular complexity index is 723. The molecule has 0 radical (unpaired) electrons. The van der Waals surface area contributed by atoms with Crippen LogP contribution < -0.4 is 5.32 Å². The minimum absolute atomic E-state index is 0.144. The van der Waals surface area contributed by atoms with E-state index in [2.05, 4.69) is 34.3 Å². The summed E-state index contributed by atoms with van der Waals surface area (Å²) in [5.41, 5.74) is 2.04. The molecule has 0 saturated heterocycles. The van der Waals surface area contributed by atoms with E-state index in [4.69, 9.17) is 11.6 Å². The lowest BCUT2D eigenvalue weighted by Crippen LogP contribution is -2.08. The van der Waals surface area contributed by atoms with Crippen LogP contribution in [0.4, 0.5) is 5.82 Å². The van der Waals surface area contributed by atoms with Crippen LogP contribution in [0.5, 0.6) is 0 Å². The van der Waals surface area contributed by atoms with Crippen LogP contribution in [-0.4, -0.2) is 9.97 Å². The van der Waals surface area contributed by atoms with Crippen molar-refractivity contribution < 1.29 is 0 Å². The lowest BCUT2D eigenvalue weighted by molar-refractivity contribution is 0.876. The summed E-state index contributed by atoms with van der Waals surface area (Å²) in [4.78, 5) is 8.57. The first kappa shape index (κ1) is 12.9. The fourth-order valence-electron chi connectivity index (χ4n) is 2.21. The van der Waals surface area contributed by atoms with Gasteiger partial charge >= 0.3 is 0 Å². The Balaban J connectivity index is 1.99. The van der Waals surface area contributed by atoms with Crippen molar-refractivity contribution in [2.24, 2.45) is 0 Å². The summed E-state index contributed by atoms with van der Waals surface area (Å²) in [5.74, 6) is 0.761. The fourth-order valence-corrected chi connectivity index (χ4v) is 2.47. The second kappa shape index (κ2) is 5.47. The normalized spacial score (nSPS) is 12.3. The predicted octanol–water partition coefficient (Wildman–Crippen LogP) is 4.46. The van der Waals surface area contributed by atoms with Crippen LogP contribution in [0, 0.1) is 0 Å². The van der Waals surface area contributed by atoms with Crippen molar-refractivity contribution in [2.75, 3.05) is 5.32 Å². The van der Waals surface area contributed by atoms with E-state index in [0.29, 0.717) is 5.02 Å². The van der Waals surface area contributed by atoms with Gasteiger partial charge in [-0.1, -0.05) is 48.0 Å². The number of aromatic nitrogens is 2. The average molecular weight is 284 g/mol. The van der Waals surface area contributed by atoms with Crippen LogP contribution in [0.3, 0.4) is 0 Å². The van der Waals surface area contributed by atoms with Crippen molar-refractivity contribution in [3.8, 4) is 0 Å². The maximum atomic E-state index is 6.27. The van der Waals surface area contributed by atoms with Gasteiger partial charge in [0.1, 0.15) is 12.1 Å². The number of hydrogen-bond donors (Lipinski definition) is 1. The number of halogens is 1. The van der Waals surface area contributed by atoms with Crippen molar-refractivity contribution >= 4 is 28.3 Å². The summed E-state index contributed by atoms with van der Waals surface area (Å²) < 4.78 is 0. The van der Waals surface area contributed by atoms with Crippen molar-refractivity contribution in [1.29, 1.82) is 0 Å².